The van der Waals surface area contributed by atoms with Crippen LogP contribution in [0, 0.1) is 5.92 Å². The first-order chi connectivity index (χ1) is 13.2. The molecule has 2 aliphatic rings. The second-order valence-corrected chi connectivity index (χ2v) is 7.22. The molecule has 0 aliphatic carbocycles. The van der Waals surface area contributed by atoms with Crippen molar-refractivity contribution < 1.29 is 14.3 Å². The number of hydrogen-bond acceptors (Lipinski definition) is 6. The molecular weight excluding hydrogens is 342 g/mol. The molecule has 0 N–H and O–H groups in total. The van der Waals surface area contributed by atoms with E-state index in [1.807, 2.05) is 13.0 Å². The molecule has 2 aromatic rings. The van der Waals surface area contributed by atoms with E-state index in [-0.39, 0.29) is 23.8 Å². The van der Waals surface area contributed by atoms with Crippen molar-refractivity contribution in [1.82, 2.24) is 14.9 Å². The van der Waals surface area contributed by atoms with Gasteiger partial charge >= 0.3 is 6.01 Å². The van der Waals surface area contributed by atoms with Crippen LogP contribution in [0.15, 0.2) is 42.7 Å². The molecule has 2 saturated heterocycles. The Hall–Kier alpha value is -2.31. The molecule has 142 valence electrons. The van der Waals surface area contributed by atoms with E-state index in [9.17, 15) is 4.79 Å². The molecule has 0 radical (unpaired) electrons. The lowest BCUT2D eigenvalue weighted by atomic mass is 9.81. The molecule has 6 nitrogen and oxygen atoms in total. The van der Waals surface area contributed by atoms with Gasteiger partial charge in [0.1, 0.15) is 0 Å². The van der Waals surface area contributed by atoms with Gasteiger partial charge in [-0.1, -0.05) is 30.3 Å². The minimum atomic E-state index is -0.00235. The van der Waals surface area contributed by atoms with E-state index in [1.165, 1.54) is 5.56 Å². The number of fused-ring (bicyclic) bond motifs is 2. The Morgan fingerprint density at radius 3 is 2.44 bits per heavy atom. The number of carbonyl (C=O) groups is 1. The summed E-state index contributed by atoms with van der Waals surface area (Å²) in [5.41, 5.74) is 1.87. The number of ether oxygens (including phenoxy) is 2. The molecule has 2 bridgehead atoms. The molecule has 6 heteroatoms. The Labute approximate surface area is 159 Å². The number of carbonyl (C=O) groups excluding carboxylic acids is 1. The molecule has 0 spiro atoms. The molecule has 4 rings (SSSR count). The maximum absolute atomic E-state index is 13.0. The first-order valence-electron chi connectivity index (χ1n) is 9.61. The summed E-state index contributed by atoms with van der Waals surface area (Å²) in [5, 5.41) is 0. The van der Waals surface area contributed by atoms with Gasteiger partial charge in [-0.15, -0.1) is 0 Å². The van der Waals surface area contributed by atoms with Crippen LogP contribution in [-0.4, -0.2) is 52.6 Å². The number of piperidine rings is 1. The van der Waals surface area contributed by atoms with Crippen LogP contribution in [0.1, 0.15) is 35.7 Å². The van der Waals surface area contributed by atoms with Crippen LogP contribution in [0.4, 0.5) is 0 Å². The van der Waals surface area contributed by atoms with Crippen LogP contribution in [0.5, 0.6) is 6.01 Å². The van der Waals surface area contributed by atoms with Gasteiger partial charge in [-0.05, 0) is 25.3 Å². The summed E-state index contributed by atoms with van der Waals surface area (Å²) in [7, 11) is 0. The van der Waals surface area contributed by atoms with Gasteiger partial charge < -0.3 is 9.47 Å². The van der Waals surface area contributed by atoms with Crippen molar-refractivity contribution in [3.05, 3.63) is 53.9 Å². The molecular formula is C21H25N3O3. The maximum Gasteiger partial charge on any atom is 0.316 e. The molecule has 0 saturated carbocycles. The second kappa shape index (κ2) is 8.15. The molecule has 0 amide bonds. The Balaban J connectivity index is 1.45. The number of nitrogens with zero attached hydrogens (tertiary/aromatic N) is 3. The van der Waals surface area contributed by atoms with Gasteiger partial charge in [-0.25, -0.2) is 9.97 Å². The van der Waals surface area contributed by atoms with Crippen molar-refractivity contribution >= 4 is 5.78 Å². The van der Waals surface area contributed by atoms with Crippen LogP contribution < -0.4 is 4.74 Å². The monoisotopic (exact) mass is 367 g/mol. The lowest BCUT2D eigenvalue weighted by molar-refractivity contribution is -0.0872. The number of ketones is 1. The first-order valence-corrected chi connectivity index (χ1v) is 9.61. The Kier molecular flexibility index (Phi) is 5.45. The SMILES string of the molecule is CCOc1ncc(C(=O)C2CC3COCC(C2)N3Cc2ccccc2)cn1. The average molecular weight is 367 g/mol. The van der Waals surface area contributed by atoms with Crippen molar-refractivity contribution in [2.24, 2.45) is 5.92 Å². The minimum Gasteiger partial charge on any atom is -0.464 e. The Bertz CT molecular complexity index is 752. The highest BCUT2D eigenvalue weighted by molar-refractivity contribution is 5.97. The zero-order chi connectivity index (χ0) is 18.6. The normalized spacial score (nSPS) is 25.1. The fourth-order valence-corrected chi connectivity index (χ4v) is 4.14. The maximum atomic E-state index is 13.0. The van der Waals surface area contributed by atoms with E-state index in [2.05, 4.69) is 39.1 Å². The smallest absolute Gasteiger partial charge is 0.316 e. The first kappa shape index (κ1) is 18.1. The van der Waals surface area contributed by atoms with Crippen molar-refractivity contribution in [2.45, 2.75) is 38.4 Å². The standard InChI is InChI=1S/C21H25N3O3/c1-2-27-21-22-10-17(11-23-21)20(25)16-8-18-13-26-14-19(9-16)24(18)12-15-6-4-3-5-7-15/h3-7,10-11,16,18-19H,2,8-9,12-14H2,1H3. The molecule has 2 unspecified atom stereocenters. The summed E-state index contributed by atoms with van der Waals surface area (Å²) in [6, 6.07) is 11.4. The summed E-state index contributed by atoms with van der Waals surface area (Å²) in [6.07, 6.45) is 4.80. The summed E-state index contributed by atoms with van der Waals surface area (Å²) in [4.78, 5) is 23.8. The van der Waals surface area contributed by atoms with Crippen molar-refractivity contribution in [2.75, 3.05) is 19.8 Å². The van der Waals surface area contributed by atoms with Crippen LogP contribution >= 0.6 is 0 Å². The fraction of sp³-hybridized carbons (Fsp3) is 0.476. The minimum absolute atomic E-state index is 0.00235. The highest BCUT2D eigenvalue weighted by Crippen LogP contribution is 2.34. The van der Waals surface area contributed by atoms with Gasteiger partial charge in [0.2, 0.25) is 0 Å². The van der Waals surface area contributed by atoms with Gasteiger partial charge in [-0.2, -0.15) is 0 Å². The summed E-state index contributed by atoms with van der Waals surface area (Å²) < 4.78 is 11.0. The fourth-order valence-electron chi connectivity index (χ4n) is 4.14. The molecule has 3 heterocycles. The summed E-state index contributed by atoms with van der Waals surface area (Å²) in [5.74, 6) is 0.131. The van der Waals surface area contributed by atoms with Gasteiger partial charge in [-0.3, -0.25) is 9.69 Å². The molecule has 1 aromatic carbocycles. The molecule has 27 heavy (non-hydrogen) atoms. The predicted octanol–water partition coefficient (Wildman–Crippen LogP) is 2.74. The lowest BCUT2D eigenvalue weighted by Gasteiger charge is -2.48. The number of aromatic nitrogens is 2. The van der Waals surface area contributed by atoms with Crippen LogP contribution in [0.2, 0.25) is 0 Å². The summed E-state index contributed by atoms with van der Waals surface area (Å²) in [6.45, 7) is 4.68. The van der Waals surface area contributed by atoms with Gasteiger partial charge in [0.25, 0.3) is 0 Å². The van der Waals surface area contributed by atoms with Crippen LogP contribution in [0.25, 0.3) is 0 Å². The zero-order valence-electron chi connectivity index (χ0n) is 15.6. The largest absolute Gasteiger partial charge is 0.464 e. The van der Waals surface area contributed by atoms with Gasteiger partial charge in [0.05, 0.1) is 25.4 Å². The molecule has 2 atom stereocenters. The third-order valence-electron chi connectivity index (χ3n) is 5.44. The third kappa shape index (κ3) is 4.01. The van der Waals surface area contributed by atoms with E-state index >= 15 is 0 Å². The van der Waals surface area contributed by atoms with Crippen molar-refractivity contribution in [1.29, 1.82) is 0 Å². The quantitative estimate of drug-likeness (QED) is 0.732. The van der Waals surface area contributed by atoms with Crippen LogP contribution in [0.3, 0.4) is 0 Å². The second-order valence-electron chi connectivity index (χ2n) is 7.22. The Morgan fingerprint density at radius 2 is 1.81 bits per heavy atom. The zero-order valence-corrected chi connectivity index (χ0v) is 15.6. The number of Topliss-reactive ketones (excluding diaryl/α,β-unsaturated/α-hetero) is 1. The molecule has 2 aliphatic heterocycles. The Morgan fingerprint density at radius 1 is 1.15 bits per heavy atom. The van der Waals surface area contributed by atoms with E-state index in [0.717, 1.165) is 19.4 Å². The topological polar surface area (TPSA) is 64.6 Å². The van der Waals surface area contributed by atoms with Crippen LogP contribution in [-0.2, 0) is 11.3 Å². The van der Waals surface area contributed by atoms with E-state index in [0.29, 0.717) is 31.4 Å². The number of hydrogen-bond donors (Lipinski definition) is 0. The predicted molar refractivity (Wildman–Crippen MR) is 101 cm³/mol. The number of benzene rings is 1. The average Bonchev–Trinajstić information content (AvgIpc) is 2.69. The third-order valence-corrected chi connectivity index (χ3v) is 5.44. The number of rotatable bonds is 6. The van der Waals surface area contributed by atoms with Crippen molar-refractivity contribution in [3.8, 4) is 6.01 Å². The van der Waals surface area contributed by atoms with Gasteiger partial charge in [0, 0.05) is 36.9 Å². The van der Waals surface area contributed by atoms with Gasteiger partial charge in [0.15, 0.2) is 5.78 Å². The number of morpholine rings is 1. The van der Waals surface area contributed by atoms with E-state index in [1.54, 1.807) is 12.4 Å². The van der Waals surface area contributed by atoms with Crippen molar-refractivity contribution in [3.63, 3.8) is 0 Å². The highest BCUT2D eigenvalue weighted by Gasteiger charge is 2.41. The van der Waals surface area contributed by atoms with E-state index < -0.39 is 0 Å². The molecule has 1 aromatic heterocycles. The summed E-state index contributed by atoms with van der Waals surface area (Å²) >= 11 is 0. The lowest BCUT2D eigenvalue weighted by Crippen LogP contribution is -2.57. The van der Waals surface area contributed by atoms with E-state index in [4.69, 9.17) is 9.47 Å². The molecule has 2 fully saturated rings. The highest BCUT2D eigenvalue weighted by atomic mass is 16.5.